The van der Waals surface area contributed by atoms with Crippen LogP contribution in [0.3, 0.4) is 0 Å². The van der Waals surface area contributed by atoms with Gasteiger partial charge < -0.3 is 14.2 Å². The first kappa shape index (κ1) is 41.1. The van der Waals surface area contributed by atoms with Crippen molar-refractivity contribution in [3.8, 4) is 17.2 Å². The molecule has 0 fully saturated rings. The molecule has 0 atom stereocenters. The average Bonchev–Trinajstić information content (AvgIpc) is 3.63. The number of halogens is 4. The highest BCUT2D eigenvalue weighted by Crippen LogP contribution is 2.30. The summed E-state index contributed by atoms with van der Waals surface area (Å²) in [5.41, 5.74) is 1.74. The van der Waals surface area contributed by atoms with E-state index >= 15 is 4.39 Å². The van der Waals surface area contributed by atoms with Crippen LogP contribution >= 0.6 is 24.0 Å². The van der Waals surface area contributed by atoms with E-state index in [0.29, 0.717) is 27.6 Å². The number of carbonyl (C=O) groups excluding carboxylic acids is 2. The number of thiol groups is 1. The number of hydrogen-bond acceptors (Lipinski definition) is 11. The molecule has 0 amide bonds. The van der Waals surface area contributed by atoms with Crippen molar-refractivity contribution in [3.63, 3.8) is 0 Å². The van der Waals surface area contributed by atoms with Crippen molar-refractivity contribution in [1.29, 1.82) is 0 Å². The molecule has 0 N–H and O–H groups in total. The number of rotatable bonds is 17. The maximum absolute atomic E-state index is 15.3. The van der Waals surface area contributed by atoms with E-state index in [1.54, 1.807) is 55.6 Å². The highest BCUT2D eigenvalue weighted by molar-refractivity contribution is 7.80. The molecule has 57 heavy (non-hydrogen) atoms. The summed E-state index contributed by atoms with van der Waals surface area (Å²) < 4.78 is 71.1. The summed E-state index contributed by atoms with van der Waals surface area (Å²) in [7, 11) is 0. The lowest BCUT2D eigenvalue weighted by Crippen LogP contribution is -2.20. The van der Waals surface area contributed by atoms with Crippen LogP contribution in [0.4, 0.5) is 22.7 Å². The largest absolute Gasteiger partial charge is 0.494 e. The SMILES string of the molecule is Cc1ccc(OC(=O)c2ccc(OC(=O)c3ccc4cc(OCCCCCCS)ccc4c3)c(F)c2)c(/C=N/N(CCCC(F)(F)F)c2nc3cccnc3s2)c1. The second-order valence-corrected chi connectivity index (χ2v) is 14.5. The average molecular weight is 819 g/mol. The molecule has 6 rings (SSSR count). The number of carbonyl (C=O) groups is 2. The fourth-order valence-corrected chi connectivity index (χ4v) is 6.84. The summed E-state index contributed by atoms with van der Waals surface area (Å²) >= 11 is 5.40. The highest BCUT2D eigenvalue weighted by Gasteiger charge is 2.27. The van der Waals surface area contributed by atoms with E-state index in [1.807, 2.05) is 18.2 Å². The van der Waals surface area contributed by atoms with E-state index in [2.05, 4.69) is 27.7 Å². The van der Waals surface area contributed by atoms with Crippen molar-refractivity contribution in [2.75, 3.05) is 23.9 Å². The third-order valence-corrected chi connectivity index (χ3v) is 9.96. The molecule has 9 nitrogen and oxygen atoms in total. The molecule has 15 heteroatoms. The first-order valence-corrected chi connectivity index (χ1v) is 19.6. The second-order valence-electron chi connectivity index (χ2n) is 13.1. The molecule has 0 saturated heterocycles. The van der Waals surface area contributed by atoms with Crippen LogP contribution in [-0.4, -0.2) is 53.2 Å². The number of esters is 2. The number of nitrogens with zero attached hydrogens (tertiary/aromatic N) is 4. The van der Waals surface area contributed by atoms with Crippen molar-refractivity contribution in [3.05, 3.63) is 119 Å². The number of thiazole rings is 1. The topological polar surface area (TPSA) is 103 Å². The zero-order valence-corrected chi connectivity index (χ0v) is 32.5. The van der Waals surface area contributed by atoms with E-state index in [-0.39, 0.29) is 35.6 Å². The number of fused-ring (bicyclic) bond motifs is 2. The Morgan fingerprint density at radius 2 is 1.58 bits per heavy atom. The van der Waals surface area contributed by atoms with Crippen LogP contribution in [-0.2, 0) is 0 Å². The second kappa shape index (κ2) is 19.1. The van der Waals surface area contributed by atoms with Gasteiger partial charge in [-0.3, -0.25) is 0 Å². The van der Waals surface area contributed by atoms with Crippen LogP contribution in [0.1, 0.15) is 70.4 Å². The number of hydrazone groups is 1. The Morgan fingerprint density at radius 3 is 2.35 bits per heavy atom. The van der Waals surface area contributed by atoms with Gasteiger partial charge in [-0.2, -0.15) is 30.9 Å². The number of pyridine rings is 1. The molecule has 6 aromatic rings. The molecule has 4 aromatic carbocycles. The summed E-state index contributed by atoms with van der Waals surface area (Å²) in [4.78, 5) is 35.6. The molecule has 0 spiro atoms. The summed E-state index contributed by atoms with van der Waals surface area (Å²) in [5.74, 6) is -1.36. The first-order valence-electron chi connectivity index (χ1n) is 18.2. The summed E-state index contributed by atoms with van der Waals surface area (Å²) in [6, 6.07) is 22.2. The zero-order chi connectivity index (χ0) is 40.4. The van der Waals surface area contributed by atoms with E-state index in [0.717, 1.165) is 65.7 Å². The van der Waals surface area contributed by atoms with E-state index in [1.165, 1.54) is 34.7 Å². The molecule has 0 radical (unpaired) electrons. The number of unbranched alkanes of at least 4 members (excludes halogenated alkanes) is 3. The van der Waals surface area contributed by atoms with Crippen molar-refractivity contribution < 1.29 is 41.4 Å². The van der Waals surface area contributed by atoms with Crippen molar-refractivity contribution >= 4 is 68.4 Å². The standard InChI is InChI=1S/C42H38F4N4O5S2/c1-27-9-15-36(32(22-27)26-48-50(19-7-17-42(44,45)46)41-49-35-8-6-18-47-38(35)57-41)54-40(52)31-13-16-37(34(43)25-31)55-39(51)30-11-10-29-24-33(14-12-28(29)23-30)53-20-4-2-3-5-21-56/h6,8-16,18,22-26,56H,2-5,7,17,19-21H2,1H3/b48-26+. The van der Waals surface area contributed by atoms with Gasteiger partial charge >= 0.3 is 18.1 Å². The van der Waals surface area contributed by atoms with Gasteiger partial charge in [-0.15, -0.1) is 0 Å². The maximum atomic E-state index is 15.3. The Balaban J connectivity index is 1.11. The predicted octanol–water partition coefficient (Wildman–Crippen LogP) is 10.8. The Labute approximate surface area is 335 Å². The quantitative estimate of drug-likeness (QED) is 0.0185. The van der Waals surface area contributed by atoms with Gasteiger partial charge in [-0.05, 0) is 109 Å². The van der Waals surface area contributed by atoms with Crippen LogP contribution < -0.4 is 19.2 Å². The van der Waals surface area contributed by atoms with Crippen molar-refractivity contribution in [2.24, 2.45) is 5.10 Å². The van der Waals surface area contributed by atoms with Gasteiger partial charge in [0, 0.05) is 24.7 Å². The van der Waals surface area contributed by atoms with Gasteiger partial charge in [0.2, 0.25) is 5.13 Å². The zero-order valence-electron chi connectivity index (χ0n) is 30.8. The number of hydrogen-bond donors (Lipinski definition) is 1. The number of benzene rings is 4. The fraction of sp³-hybridized carbons (Fsp3) is 0.262. The van der Waals surface area contributed by atoms with Gasteiger partial charge in [-0.25, -0.2) is 29.0 Å². The number of alkyl halides is 3. The predicted molar refractivity (Wildman–Crippen MR) is 217 cm³/mol. The lowest BCUT2D eigenvalue weighted by Gasteiger charge is -2.16. The van der Waals surface area contributed by atoms with E-state index in [9.17, 15) is 22.8 Å². The maximum Gasteiger partial charge on any atom is 0.389 e. The molecular weight excluding hydrogens is 781 g/mol. The molecule has 0 aliphatic carbocycles. The van der Waals surface area contributed by atoms with Crippen LogP contribution in [0.15, 0.2) is 96.2 Å². The van der Waals surface area contributed by atoms with E-state index in [4.69, 9.17) is 14.2 Å². The van der Waals surface area contributed by atoms with Crippen LogP contribution in [0.5, 0.6) is 17.2 Å². The van der Waals surface area contributed by atoms with Crippen molar-refractivity contribution in [1.82, 2.24) is 9.97 Å². The molecule has 296 valence electrons. The van der Waals surface area contributed by atoms with Gasteiger partial charge in [0.15, 0.2) is 11.6 Å². The number of ether oxygens (including phenoxy) is 3. The highest BCUT2D eigenvalue weighted by atomic mass is 32.1. The lowest BCUT2D eigenvalue weighted by molar-refractivity contribution is -0.135. The Bertz CT molecular complexity index is 2350. The number of anilines is 1. The third-order valence-electron chi connectivity index (χ3n) is 8.65. The Morgan fingerprint density at radius 1 is 0.860 bits per heavy atom. The first-order chi connectivity index (χ1) is 27.5. The Kier molecular flexibility index (Phi) is 13.8. The minimum Gasteiger partial charge on any atom is -0.494 e. The summed E-state index contributed by atoms with van der Waals surface area (Å²) in [5, 5.41) is 7.75. The molecule has 0 saturated carbocycles. The Hall–Kier alpha value is -5.54. The fourth-order valence-electron chi connectivity index (χ4n) is 5.72. The molecule has 0 unspecified atom stereocenters. The van der Waals surface area contributed by atoms with Gasteiger partial charge in [0.05, 0.1) is 23.9 Å². The molecule has 2 heterocycles. The smallest absolute Gasteiger partial charge is 0.389 e. The molecule has 2 aromatic heterocycles. The summed E-state index contributed by atoms with van der Waals surface area (Å²) in [6.07, 6.45) is 1.58. The number of aryl methyl sites for hydroxylation is 1. The summed E-state index contributed by atoms with van der Waals surface area (Å²) in [6.45, 7) is 2.31. The monoisotopic (exact) mass is 818 g/mol. The van der Waals surface area contributed by atoms with Crippen molar-refractivity contribution in [2.45, 2.75) is 51.6 Å². The van der Waals surface area contributed by atoms with E-state index < -0.39 is 30.4 Å². The number of aromatic nitrogens is 2. The molecular formula is C42H38F4N4O5S2. The minimum absolute atomic E-state index is 0.0707. The van der Waals surface area contributed by atoms with Gasteiger partial charge in [0.25, 0.3) is 0 Å². The van der Waals surface area contributed by atoms with Crippen LogP contribution in [0.25, 0.3) is 21.1 Å². The molecule has 0 aliphatic heterocycles. The van der Waals surface area contributed by atoms with Gasteiger partial charge in [-0.1, -0.05) is 47.9 Å². The van der Waals surface area contributed by atoms with Crippen LogP contribution in [0.2, 0.25) is 0 Å². The lowest BCUT2D eigenvalue weighted by atomic mass is 10.1. The molecule has 0 aliphatic rings. The molecule has 0 bridgehead atoms. The van der Waals surface area contributed by atoms with Gasteiger partial charge in [0.1, 0.15) is 21.8 Å². The minimum atomic E-state index is -4.34. The van der Waals surface area contributed by atoms with Crippen LogP contribution in [0, 0.1) is 12.7 Å². The third kappa shape index (κ3) is 11.5. The normalized spacial score (nSPS) is 11.7.